The molecule has 1 amide bonds. The minimum Gasteiger partial charge on any atom is -0.356 e. The third-order valence-electron chi connectivity index (χ3n) is 6.74. The summed E-state index contributed by atoms with van der Waals surface area (Å²) in [5.41, 5.74) is 2.47. The monoisotopic (exact) mass is 448 g/mol. The average Bonchev–Trinajstić information content (AvgIpc) is 2.84. The number of aryl methyl sites for hydroxylation is 1. The van der Waals surface area contributed by atoms with Crippen molar-refractivity contribution in [3.8, 4) is 0 Å². The average molecular weight is 449 g/mol. The van der Waals surface area contributed by atoms with Crippen molar-refractivity contribution in [3.05, 3.63) is 59.8 Å². The van der Waals surface area contributed by atoms with Crippen molar-refractivity contribution in [3.63, 3.8) is 0 Å². The number of fused-ring (bicyclic) bond motifs is 1. The summed E-state index contributed by atoms with van der Waals surface area (Å²) in [6, 6.07) is 15.2. The quantitative estimate of drug-likeness (QED) is 0.524. The van der Waals surface area contributed by atoms with Crippen LogP contribution >= 0.6 is 0 Å². The number of carbonyl (C=O) groups is 1. The van der Waals surface area contributed by atoms with Crippen molar-refractivity contribution in [2.24, 2.45) is 10.9 Å². The molecule has 0 bridgehead atoms. The number of aromatic nitrogens is 1. The number of amides is 1. The van der Waals surface area contributed by atoms with E-state index in [-0.39, 0.29) is 5.91 Å². The summed E-state index contributed by atoms with van der Waals surface area (Å²) in [4.78, 5) is 26.1. The number of piperidine rings is 2. The molecule has 0 aliphatic carbocycles. The Labute approximate surface area is 197 Å². The number of nitrogens with one attached hydrogen (secondary N) is 2. The molecule has 2 aromatic rings. The number of guanidine groups is 1. The highest BCUT2D eigenvalue weighted by atomic mass is 16.1. The van der Waals surface area contributed by atoms with Gasteiger partial charge in [-0.25, -0.2) is 4.98 Å². The number of hydrogen-bond donors (Lipinski definition) is 2. The lowest BCUT2D eigenvalue weighted by atomic mass is 9.83. The third-order valence-corrected chi connectivity index (χ3v) is 6.74. The van der Waals surface area contributed by atoms with Gasteiger partial charge in [-0.3, -0.25) is 14.7 Å². The smallest absolute Gasteiger partial charge is 0.227 e. The van der Waals surface area contributed by atoms with E-state index in [0.29, 0.717) is 30.7 Å². The second-order valence-corrected chi connectivity index (χ2v) is 9.15. The predicted molar refractivity (Wildman–Crippen MR) is 133 cm³/mol. The highest BCUT2D eigenvalue weighted by molar-refractivity contribution is 5.90. The maximum absolute atomic E-state index is 12.3. The SMILES string of the molecule is CN=C(NCCC(=O)Nc1ccc(C)cn1)N1CCC2C(CCCN2Cc2ccccc2)C1. The number of anilines is 1. The second kappa shape index (κ2) is 11.3. The summed E-state index contributed by atoms with van der Waals surface area (Å²) in [6.45, 7) is 6.77. The third kappa shape index (κ3) is 6.32. The van der Waals surface area contributed by atoms with Crippen molar-refractivity contribution >= 4 is 17.7 Å². The van der Waals surface area contributed by atoms with E-state index in [1.165, 1.54) is 24.9 Å². The molecule has 2 saturated heterocycles. The highest BCUT2D eigenvalue weighted by Gasteiger charge is 2.36. The lowest BCUT2D eigenvalue weighted by Gasteiger charge is -2.48. The molecule has 0 saturated carbocycles. The lowest BCUT2D eigenvalue weighted by molar-refractivity contribution is -0.116. The fraction of sp³-hybridized carbons (Fsp3) is 0.500. The number of rotatable bonds is 6. The molecule has 4 rings (SSSR count). The molecule has 2 unspecified atom stereocenters. The minimum atomic E-state index is -0.0446. The topological polar surface area (TPSA) is 72.9 Å². The van der Waals surface area contributed by atoms with Crippen LogP contribution in [0.15, 0.2) is 53.7 Å². The number of pyridine rings is 1. The molecule has 2 fully saturated rings. The Balaban J connectivity index is 1.25. The van der Waals surface area contributed by atoms with Crippen LogP contribution in [0, 0.1) is 12.8 Å². The van der Waals surface area contributed by atoms with Crippen molar-refractivity contribution in [1.82, 2.24) is 20.1 Å². The maximum atomic E-state index is 12.3. The van der Waals surface area contributed by atoms with Crippen LogP contribution in [0.2, 0.25) is 0 Å². The highest BCUT2D eigenvalue weighted by Crippen LogP contribution is 2.31. The van der Waals surface area contributed by atoms with Crippen LogP contribution in [-0.2, 0) is 11.3 Å². The molecule has 7 heteroatoms. The van der Waals surface area contributed by atoms with Crippen LogP contribution < -0.4 is 10.6 Å². The number of benzene rings is 1. The molecule has 0 radical (unpaired) electrons. The van der Waals surface area contributed by atoms with Gasteiger partial charge in [0.25, 0.3) is 0 Å². The first-order chi connectivity index (χ1) is 16.1. The predicted octanol–water partition coefficient (Wildman–Crippen LogP) is 3.28. The van der Waals surface area contributed by atoms with Gasteiger partial charge >= 0.3 is 0 Å². The van der Waals surface area contributed by atoms with Crippen LogP contribution in [0.1, 0.15) is 36.8 Å². The molecular formula is C26H36N6O. The van der Waals surface area contributed by atoms with Gasteiger partial charge in [0.2, 0.25) is 5.91 Å². The van der Waals surface area contributed by atoms with Crippen LogP contribution in [0.25, 0.3) is 0 Å². The van der Waals surface area contributed by atoms with Gasteiger partial charge in [0, 0.05) is 51.9 Å². The zero-order valence-corrected chi connectivity index (χ0v) is 19.8. The first-order valence-electron chi connectivity index (χ1n) is 12.1. The zero-order valence-electron chi connectivity index (χ0n) is 19.8. The van der Waals surface area contributed by atoms with Gasteiger partial charge in [-0.05, 0) is 55.8 Å². The standard InChI is InChI=1S/C26H36N6O/c1-20-10-11-24(29-17-20)30-25(33)12-14-28-26(27-2)32-16-13-23-22(19-32)9-6-15-31(23)18-21-7-4-3-5-8-21/h3-5,7-8,10-11,17,22-23H,6,9,12-16,18-19H2,1-2H3,(H,27,28)(H,29,30,33). The largest absolute Gasteiger partial charge is 0.356 e. The van der Waals surface area contributed by atoms with Gasteiger partial charge in [-0.15, -0.1) is 0 Å². The molecule has 33 heavy (non-hydrogen) atoms. The maximum Gasteiger partial charge on any atom is 0.227 e. The molecule has 1 aromatic heterocycles. The molecule has 2 aliphatic heterocycles. The molecule has 0 spiro atoms. The van der Waals surface area contributed by atoms with Crippen LogP contribution in [0.5, 0.6) is 0 Å². The van der Waals surface area contributed by atoms with Gasteiger partial charge in [0.1, 0.15) is 5.82 Å². The number of hydrogen-bond acceptors (Lipinski definition) is 4. The molecule has 1 aromatic carbocycles. The van der Waals surface area contributed by atoms with Gasteiger partial charge in [0.05, 0.1) is 0 Å². The first-order valence-corrected chi connectivity index (χ1v) is 12.1. The summed E-state index contributed by atoms with van der Waals surface area (Å²) in [7, 11) is 1.83. The molecule has 2 aliphatic rings. The second-order valence-electron chi connectivity index (χ2n) is 9.15. The fourth-order valence-corrected chi connectivity index (χ4v) is 5.08. The first kappa shape index (κ1) is 23.2. The summed E-state index contributed by atoms with van der Waals surface area (Å²) in [5.74, 6) is 2.10. The Morgan fingerprint density at radius 1 is 1.15 bits per heavy atom. The Kier molecular flexibility index (Phi) is 7.94. The van der Waals surface area contributed by atoms with E-state index in [2.05, 4.69) is 60.7 Å². The number of likely N-dealkylation sites (tertiary alicyclic amines) is 2. The van der Waals surface area contributed by atoms with Gasteiger partial charge in [-0.2, -0.15) is 0 Å². The summed E-state index contributed by atoms with van der Waals surface area (Å²) >= 11 is 0. The Hall–Kier alpha value is -2.93. The van der Waals surface area contributed by atoms with E-state index in [9.17, 15) is 4.79 Å². The summed E-state index contributed by atoms with van der Waals surface area (Å²) < 4.78 is 0. The fourth-order valence-electron chi connectivity index (χ4n) is 5.08. The van der Waals surface area contributed by atoms with E-state index in [4.69, 9.17) is 0 Å². The summed E-state index contributed by atoms with van der Waals surface area (Å²) in [5, 5.41) is 6.25. The molecule has 3 heterocycles. The van der Waals surface area contributed by atoms with Gasteiger partial charge < -0.3 is 15.5 Å². The Morgan fingerprint density at radius 3 is 2.76 bits per heavy atom. The van der Waals surface area contributed by atoms with E-state index in [1.807, 2.05) is 26.1 Å². The van der Waals surface area contributed by atoms with E-state index < -0.39 is 0 Å². The van der Waals surface area contributed by atoms with Crippen molar-refractivity contribution in [2.45, 2.75) is 45.2 Å². The molecule has 7 nitrogen and oxygen atoms in total. The van der Waals surface area contributed by atoms with Crippen molar-refractivity contribution < 1.29 is 4.79 Å². The molecule has 2 N–H and O–H groups in total. The Morgan fingerprint density at radius 2 is 2.00 bits per heavy atom. The molecule has 2 atom stereocenters. The number of carbonyl (C=O) groups excluding carboxylic acids is 1. The van der Waals surface area contributed by atoms with Crippen molar-refractivity contribution in [1.29, 1.82) is 0 Å². The number of aliphatic imine (C=N–C) groups is 1. The van der Waals surface area contributed by atoms with E-state index in [1.54, 1.807) is 6.20 Å². The van der Waals surface area contributed by atoms with Gasteiger partial charge in [0.15, 0.2) is 5.96 Å². The van der Waals surface area contributed by atoms with Crippen LogP contribution in [-0.4, -0.2) is 65.9 Å². The zero-order chi connectivity index (χ0) is 23.0. The van der Waals surface area contributed by atoms with Crippen LogP contribution in [0.4, 0.5) is 5.82 Å². The molecular weight excluding hydrogens is 412 g/mol. The molecule has 176 valence electrons. The van der Waals surface area contributed by atoms with Crippen LogP contribution in [0.3, 0.4) is 0 Å². The van der Waals surface area contributed by atoms with Gasteiger partial charge in [-0.1, -0.05) is 36.4 Å². The minimum absolute atomic E-state index is 0.0446. The summed E-state index contributed by atoms with van der Waals surface area (Å²) in [6.07, 6.45) is 5.80. The number of nitrogens with zero attached hydrogens (tertiary/aromatic N) is 4. The normalized spacial score (nSPS) is 21.4. The van der Waals surface area contributed by atoms with Crippen molar-refractivity contribution in [2.75, 3.05) is 38.5 Å². The van der Waals surface area contributed by atoms with E-state index in [0.717, 1.165) is 37.6 Å². The lowest BCUT2D eigenvalue weighted by Crippen LogP contribution is -2.56. The Bertz CT molecular complexity index is 930. The van der Waals surface area contributed by atoms with E-state index >= 15 is 0 Å².